The molecule has 0 atom stereocenters. The van der Waals surface area contributed by atoms with E-state index in [4.69, 9.17) is 16.1 Å². The molecular formula is C19H16ClN5O. The molecule has 0 saturated carbocycles. The zero-order chi connectivity index (χ0) is 18.3. The van der Waals surface area contributed by atoms with Crippen LogP contribution in [0.5, 0.6) is 0 Å². The van der Waals surface area contributed by atoms with Crippen LogP contribution in [0.2, 0.25) is 5.02 Å². The van der Waals surface area contributed by atoms with Crippen LogP contribution in [0.3, 0.4) is 0 Å². The van der Waals surface area contributed by atoms with Crippen molar-refractivity contribution in [2.24, 2.45) is 0 Å². The molecule has 0 aliphatic carbocycles. The van der Waals surface area contributed by atoms with E-state index in [0.29, 0.717) is 22.4 Å². The van der Waals surface area contributed by atoms with Gasteiger partial charge in [0.25, 0.3) is 5.89 Å². The molecule has 6 nitrogen and oxygen atoms in total. The Kier molecular flexibility index (Phi) is 4.05. The molecule has 0 aliphatic rings. The largest absolute Gasteiger partial charge is 0.332 e. The van der Waals surface area contributed by atoms with Gasteiger partial charge in [0.15, 0.2) is 5.69 Å². The van der Waals surface area contributed by atoms with Gasteiger partial charge in [0.05, 0.1) is 11.4 Å². The number of benzene rings is 2. The molecule has 0 saturated heterocycles. The minimum absolute atomic E-state index is 0.336. The molecule has 4 aromatic rings. The Hall–Kier alpha value is -2.99. The summed E-state index contributed by atoms with van der Waals surface area (Å²) < 4.78 is 7.11. The SMILES string of the molecule is Cc1ccc(-c2noc(-c3nnn(-c4ccc(C)c(Cl)c4)c3C)n2)cc1. The Morgan fingerprint density at radius 1 is 1.00 bits per heavy atom. The van der Waals surface area contributed by atoms with Gasteiger partial charge in [-0.3, -0.25) is 0 Å². The van der Waals surface area contributed by atoms with Crippen LogP contribution in [-0.4, -0.2) is 25.1 Å². The fourth-order valence-corrected chi connectivity index (χ4v) is 2.80. The van der Waals surface area contributed by atoms with Crippen molar-refractivity contribution in [1.82, 2.24) is 25.1 Å². The maximum Gasteiger partial charge on any atom is 0.280 e. The summed E-state index contributed by atoms with van der Waals surface area (Å²) >= 11 is 6.22. The Bertz CT molecular complexity index is 1080. The first-order chi connectivity index (χ1) is 12.5. The number of aryl methyl sites for hydroxylation is 2. The highest BCUT2D eigenvalue weighted by atomic mass is 35.5. The third-order valence-corrected chi connectivity index (χ3v) is 4.64. The molecular weight excluding hydrogens is 350 g/mol. The fourth-order valence-electron chi connectivity index (χ4n) is 2.63. The first-order valence-corrected chi connectivity index (χ1v) is 8.50. The molecule has 2 heterocycles. The molecule has 0 fully saturated rings. The van der Waals surface area contributed by atoms with Crippen LogP contribution >= 0.6 is 11.6 Å². The summed E-state index contributed by atoms with van der Waals surface area (Å²) in [6, 6.07) is 13.7. The van der Waals surface area contributed by atoms with Gasteiger partial charge in [-0.1, -0.05) is 57.9 Å². The lowest BCUT2D eigenvalue weighted by atomic mass is 10.1. The van der Waals surface area contributed by atoms with Crippen molar-refractivity contribution in [3.8, 4) is 28.7 Å². The summed E-state index contributed by atoms with van der Waals surface area (Å²) in [5, 5.41) is 13.2. The standard InChI is InChI=1S/C19H16ClN5O/c1-11-4-7-14(8-5-11)18-21-19(26-23-18)17-13(3)25(24-22-17)15-9-6-12(2)16(20)10-15/h4-10H,1-3H3. The van der Waals surface area contributed by atoms with Crippen LogP contribution in [0.1, 0.15) is 16.8 Å². The molecule has 0 aliphatic heterocycles. The van der Waals surface area contributed by atoms with Gasteiger partial charge in [-0.05, 0) is 38.5 Å². The second kappa shape index (κ2) is 6.38. The molecule has 2 aromatic carbocycles. The van der Waals surface area contributed by atoms with Crippen molar-refractivity contribution in [1.29, 1.82) is 0 Å². The van der Waals surface area contributed by atoms with Gasteiger partial charge >= 0.3 is 0 Å². The molecule has 0 bridgehead atoms. The molecule has 4 rings (SSSR count). The minimum atomic E-state index is 0.336. The van der Waals surface area contributed by atoms with Crippen LogP contribution in [0.15, 0.2) is 47.0 Å². The van der Waals surface area contributed by atoms with E-state index in [-0.39, 0.29) is 0 Å². The molecule has 0 radical (unpaired) electrons. The predicted molar refractivity (Wildman–Crippen MR) is 99.3 cm³/mol. The number of halogens is 1. The second-order valence-electron chi connectivity index (χ2n) is 6.16. The smallest absolute Gasteiger partial charge is 0.280 e. The summed E-state index contributed by atoms with van der Waals surface area (Å²) in [5.74, 6) is 0.856. The number of aromatic nitrogens is 5. The Labute approximate surface area is 155 Å². The number of nitrogens with zero attached hydrogens (tertiary/aromatic N) is 5. The van der Waals surface area contributed by atoms with E-state index in [2.05, 4.69) is 20.5 Å². The molecule has 0 N–H and O–H groups in total. The van der Waals surface area contributed by atoms with Gasteiger partial charge in [-0.25, -0.2) is 4.68 Å². The van der Waals surface area contributed by atoms with E-state index in [1.54, 1.807) is 4.68 Å². The van der Waals surface area contributed by atoms with E-state index in [9.17, 15) is 0 Å². The maximum atomic E-state index is 6.22. The summed E-state index contributed by atoms with van der Waals surface area (Å²) in [6.07, 6.45) is 0. The zero-order valence-corrected chi connectivity index (χ0v) is 15.3. The first kappa shape index (κ1) is 16.5. The maximum absolute atomic E-state index is 6.22. The highest BCUT2D eigenvalue weighted by molar-refractivity contribution is 6.31. The van der Waals surface area contributed by atoms with Crippen LogP contribution in [0.25, 0.3) is 28.7 Å². The predicted octanol–water partition coefficient (Wildman–Crippen LogP) is 4.56. The minimum Gasteiger partial charge on any atom is -0.332 e. The Balaban J connectivity index is 1.70. The van der Waals surface area contributed by atoms with Gasteiger partial charge in [-0.15, -0.1) is 5.10 Å². The zero-order valence-electron chi connectivity index (χ0n) is 14.6. The normalized spacial score (nSPS) is 11.1. The highest BCUT2D eigenvalue weighted by Gasteiger charge is 2.19. The van der Waals surface area contributed by atoms with Crippen molar-refractivity contribution >= 4 is 11.6 Å². The van der Waals surface area contributed by atoms with E-state index in [0.717, 1.165) is 22.5 Å². The molecule has 0 amide bonds. The van der Waals surface area contributed by atoms with Crippen molar-refractivity contribution in [3.05, 3.63) is 64.3 Å². The van der Waals surface area contributed by atoms with Crippen molar-refractivity contribution in [2.45, 2.75) is 20.8 Å². The van der Waals surface area contributed by atoms with E-state index >= 15 is 0 Å². The van der Waals surface area contributed by atoms with Crippen LogP contribution in [0, 0.1) is 20.8 Å². The third kappa shape index (κ3) is 2.88. The van der Waals surface area contributed by atoms with E-state index < -0.39 is 0 Å². The molecule has 2 aromatic heterocycles. The average molecular weight is 366 g/mol. The van der Waals surface area contributed by atoms with Gasteiger partial charge in [0.2, 0.25) is 5.82 Å². The van der Waals surface area contributed by atoms with Gasteiger partial charge < -0.3 is 4.52 Å². The van der Waals surface area contributed by atoms with E-state index in [1.807, 2.05) is 63.2 Å². The summed E-state index contributed by atoms with van der Waals surface area (Å²) in [4.78, 5) is 4.46. The monoisotopic (exact) mass is 365 g/mol. The molecule has 130 valence electrons. The quantitative estimate of drug-likeness (QED) is 0.532. The van der Waals surface area contributed by atoms with Crippen molar-refractivity contribution in [2.75, 3.05) is 0 Å². The van der Waals surface area contributed by atoms with E-state index in [1.165, 1.54) is 5.56 Å². The summed E-state index contributed by atoms with van der Waals surface area (Å²) in [5.41, 5.74) is 5.24. The van der Waals surface area contributed by atoms with Crippen LogP contribution < -0.4 is 0 Å². The van der Waals surface area contributed by atoms with Gasteiger partial charge in [-0.2, -0.15) is 4.98 Å². The molecule has 0 unspecified atom stereocenters. The summed E-state index contributed by atoms with van der Waals surface area (Å²) in [6.45, 7) is 5.89. The third-order valence-electron chi connectivity index (χ3n) is 4.23. The van der Waals surface area contributed by atoms with Crippen molar-refractivity contribution in [3.63, 3.8) is 0 Å². The Morgan fingerprint density at radius 3 is 2.50 bits per heavy atom. The number of rotatable bonds is 3. The lowest BCUT2D eigenvalue weighted by Gasteiger charge is -2.05. The fraction of sp³-hybridized carbons (Fsp3) is 0.158. The average Bonchev–Trinajstić information content (AvgIpc) is 3.25. The van der Waals surface area contributed by atoms with Gasteiger partial charge in [0.1, 0.15) is 0 Å². The number of hydrogen-bond acceptors (Lipinski definition) is 5. The highest BCUT2D eigenvalue weighted by Crippen LogP contribution is 2.26. The molecule has 0 spiro atoms. The molecule has 26 heavy (non-hydrogen) atoms. The second-order valence-corrected chi connectivity index (χ2v) is 6.57. The number of hydrogen-bond donors (Lipinski definition) is 0. The first-order valence-electron chi connectivity index (χ1n) is 8.13. The van der Waals surface area contributed by atoms with Crippen LogP contribution in [-0.2, 0) is 0 Å². The van der Waals surface area contributed by atoms with Crippen molar-refractivity contribution < 1.29 is 4.52 Å². The lowest BCUT2D eigenvalue weighted by molar-refractivity contribution is 0.430. The van der Waals surface area contributed by atoms with Crippen LogP contribution in [0.4, 0.5) is 0 Å². The molecule has 7 heteroatoms. The Morgan fingerprint density at radius 2 is 1.77 bits per heavy atom. The topological polar surface area (TPSA) is 69.6 Å². The van der Waals surface area contributed by atoms with Gasteiger partial charge in [0, 0.05) is 10.6 Å². The lowest BCUT2D eigenvalue weighted by Crippen LogP contribution is -1.99. The summed E-state index contributed by atoms with van der Waals surface area (Å²) in [7, 11) is 0.